The minimum absolute atomic E-state index is 0.0855. The lowest BCUT2D eigenvalue weighted by Gasteiger charge is -1.98. The van der Waals surface area contributed by atoms with Gasteiger partial charge in [0.25, 0.3) is 0 Å². The van der Waals surface area contributed by atoms with Crippen molar-refractivity contribution in [3.05, 3.63) is 40.2 Å². The van der Waals surface area contributed by atoms with E-state index in [0.717, 1.165) is 25.0 Å². The van der Waals surface area contributed by atoms with E-state index < -0.39 is 0 Å². The fourth-order valence-corrected chi connectivity index (χ4v) is 1.27. The molecule has 1 aromatic rings. The van der Waals surface area contributed by atoms with Gasteiger partial charge in [-0.15, -0.1) is 0 Å². The second-order valence-corrected chi connectivity index (χ2v) is 3.19. The maximum Gasteiger partial charge on any atom is 0.203 e. The molecule has 0 aliphatic heterocycles. The van der Waals surface area contributed by atoms with Crippen molar-refractivity contribution in [3.8, 4) is 0 Å². The molecule has 0 bridgehead atoms. The van der Waals surface area contributed by atoms with Crippen molar-refractivity contribution in [3.63, 3.8) is 0 Å². The number of aromatic nitrogens is 1. The number of pyridine rings is 1. The number of aryl methyl sites for hydroxylation is 1. The Morgan fingerprint density at radius 3 is 2.79 bits per heavy atom. The van der Waals surface area contributed by atoms with Gasteiger partial charge in [-0.05, 0) is 31.4 Å². The summed E-state index contributed by atoms with van der Waals surface area (Å²) in [6.07, 6.45) is 5.23. The molecule has 4 heteroatoms. The van der Waals surface area contributed by atoms with Gasteiger partial charge in [0, 0.05) is 23.2 Å². The first kappa shape index (κ1) is 10.6. The van der Waals surface area contributed by atoms with Crippen molar-refractivity contribution >= 4 is 0 Å². The predicted octanol–water partition coefficient (Wildman–Crippen LogP) is 2.07. The van der Waals surface area contributed by atoms with Gasteiger partial charge in [-0.2, -0.15) is 0 Å². The van der Waals surface area contributed by atoms with Gasteiger partial charge in [0.1, 0.15) is 0 Å². The van der Waals surface area contributed by atoms with Crippen LogP contribution in [-0.2, 0) is 6.42 Å². The SMILES string of the molecule is O=[N+]([O-])CCCCCc1ccccn1. The molecule has 0 aromatic carbocycles. The molecule has 1 aromatic heterocycles. The number of nitrogens with zero attached hydrogens (tertiary/aromatic N) is 2. The highest BCUT2D eigenvalue weighted by Crippen LogP contribution is 2.03. The number of nitro groups is 1. The predicted molar refractivity (Wildman–Crippen MR) is 53.7 cm³/mol. The van der Waals surface area contributed by atoms with Crippen molar-refractivity contribution in [2.24, 2.45) is 0 Å². The molecule has 0 saturated carbocycles. The minimum Gasteiger partial charge on any atom is -0.265 e. The molecule has 0 amide bonds. The van der Waals surface area contributed by atoms with Gasteiger partial charge in [0.2, 0.25) is 6.54 Å². The molecule has 0 aliphatic rings. The van der Waals surface area contributed by atoms with Crippen molar-refractivity contribution in [2.45, 2.75) is 25.7 Å². The maximum atomic E-state index is 10.0. The number of hydrogen-bond donors (Lipinski definition) is 0. The van der Waals surface area contributed by atoms with Crippen LogP contribution in [0, 0.1) is 10.1 Å². The largest absolute Gasteiger partial charge is 0.265 e. The molecule has 1 rings (SSSR count). The first-order valence-electron chi connectivity index (χ1n) is 4.81. The Morgan fingerprint density at radius 2 is 2.14 bits per heavy atom. The topological polar surface area (TPSA) is 56.0 Å². The van der Waals surface area contributed by atoms with Crippen LogP contribution in [0.15, 0.2) is 24.4 Å². The summed E-state index contributed by atoms with van der Waals surface area (Å²) < 4.78 is 0. The summed E-state index contributed by atoms with van der Waals surface area (Å²) in [5, 5.41) is 10.0. The van der Waals surface area contributed by atoms with E-state index in [4.69, 9.17) is 0 Å². The smallest absolute Gasteiger partial charge is 0.203 e. The van der Waals surface area contributed by atoms with E-state index in [-0.39, 0.29) is 11.5 Å². The van der Waals surface area contributed by atoms with Crippen LogP contribution in [0.1, 0.15) is 25.0 Å². The molecule has 76 valence electrons. The number of unbranched alkanes of at least 4 members (excludes halogenated alkanes) is 2. The van der Waals surface area contributed by atoms with Crippen molar-refractivity contribution in [2.75, 3.05) is 6.54 Å². The fourth-order valence-electron chi connectivity index (χ4n) is 1.27. The molecule has 0 atom stereocenters. The summed E-state index contributed by atoms with van der Waals surface area (Å²) in [5.74, 6) is 0. The molecule has 0 fully saturated rings. The maximum absolute atomic E-state index is 10.0. The molecule has 0 N–H and O–H groups in total. The Bertz CT molecular complexity index is 275. The lowest BCUT2D eigenvalue weighted by atomic mass is 10.1. The Balaban J connectivity index is 2.08. The zero-order chi connectivity index (χ0) is 10.2. The van der Waals surface area contributed by atoms with Crippen molar-refractivity contribution in [1.29, 1.82) is 0 Å². The monoisotopic (exact) mass is 194 g/mol. The van der Waals surface area contributed by atoms with Gasteiger partial charge >= 0.3 is 0 Å². The normalized spacial score (nSPS) is 10.0. The molecular formula is C10H14N2O2. The van der Waals surface area contributed by atoms with Crippen LogP contribution in [0.5, 0.6) is 0 Å². The summed E-state index contributed by atoms with van der Waals surface area (Å²) in [7, 11) is 0. The van der Waals surface area contributed by atoms with Gasteiger partial charge in [-0.3, -0.25) is 15.1 Å². The van der Waals surface area contributed by atoms with E-state index in [0.29, 0.717) is 6.42 Å². The lowest BCUT2D eigenvalue weighted by molar-refractivity contribution is -0.480. The highest BCUT2D eigenvalue weighted by atomic mass is 16.6. The molecule has 4 nitrogen and oxygen atoms in total. The Morgan fingerprint density at radius 1 is 1.29 bits per heavy atom. The van der Waals surface area contributed by atoms with Crippen LogP contribution in [0.25, 0.3) is 0 Å². The van der Waals surface area contributed by atoms with Gasteiger partial charge in [-0.1, -0.05) is 6.07 Å². The lowest BCUT2D eigenvalue weighted by Crippen LogP contribution is -2.00. The van der Waals surface area contributed by atoms with Crippen LogP contribution in [0.2, 0.25) is 0 Å². The van der Waals surface area contributed by atoms with E-state index in [2.05, 4.69) is 4.98 Å². The molecule has 14 heavy (non-hydrogen) atoms. The molecule has 0 aliphatic carbocycles. The summed E-state index contributed by atoms with van der Waals surface area (Å²) in [6.45, 7) is 0.0855. The van der Waals surface area contributed by atoms with E-state index in [1.54, 1.807) is 6.20 Å². The first-order valence-corrected chi connectivity index (χ1v) is 4.81. The average Bonchev–Trinajstić information content (AvgIpc) is 2.18. The third-order valence-electron chi connectivity index (χ3n) is 2.00. The highest BCUT2D eigenvalue weighted by Gasteiger charge is 1.97. The Labute approximate surface area is 83.1 Å². The van der Waals surface area contributed by atoms with Gasteiger partial charge < -0.3 is 0 Å². The van der Waals surface area contributed by atoms with Crippen LogP contribution in [0.3, 0.4) is 0 Å². The van der Waals surface area contributed by atoms with Gasteiger partial charge in [-0.25, -0.2) is 0 Å². The first-order chi connectivity index (χ1) is 6.79. The van der Waals surface area contributed by atoms with Crippen LogP contribution in [0.4, 0.5) is 0 Å². The van der Waals surface area contributed by atoms with Gasteiger partial charge in [0.05, 0.1) is 0 Å². The van der Waals surface area contributed by atoms with Crippen LogP contribution >= 0.6 is 0 Å². The molecule has 0 saturated heterocycles. The highest BCUT2D eigenvalue weighted by molar-refractivity contribution is 5.03. The minimum atomic E-state index is -0.263. The van der Waals surface area contributed by atoms with E-state index in [1.807, 2.05) is 18.2 Å². The second kappa shape index (κ2) is 6.07. The Hall–Kier alpha value is -1.45. The summed E-state index contributed by atoms with van der Waals surface area (Å²) in [6, 6.07) is 5.82. The van der Waals surface area contributed by atoms with E-state index >= 15 is 0 Å². The van der Waals surface area contributed by atoms with Crippen molar-refractivity contribution < 1.29 is 4.92 Å². The zero-order valence-corrected chi connectivity index (χ0v) is 8.06. The molecule has 0 radical (unpaired) electrons. The molecule has 0 spiro atoms. The molecule has 1 heterocycles. The van der Waals surface area contributed by atoms with Crippen LogP contribution in [-0.4, -0.2) is 16.5 Å². The second-order valence-electron chi connectivity index (χ2n) is 3.19. The fraction of sp³-hybridized carbons (Fsp3) is 0.500. The van der Waals surface area contributed by atoms with E-state index in [1.165, 1.54) is 0 Å². The van der Waals surface area contributed by atoms with Gasteiger partial charge in [0.15, 0.2) is 0 Å². The van der Waals surface area contributed by atoms with Crippen molar-refractivity contribution in [1.82, 2.24) is 4.98 Å². The quantitative estimate of drug-likeness (QED) is 0.395. The zero-order valence-electron chi connectivity index (χ0n) is 8.06. The number of hydrogen-bond acceptors (Lipinski definition) is 3. The summed E-state index contributed by atoms with van der Waals surface area (Å²) >= 11 is 0. The van der Waals surface area contributed by atoms with Crippen LogP contribution < -0.4 is 0 Å². The third kappa shape index (κ3) is 4.54. The average molecular weight is 194 g/mol. The summed E-state index contributed by atoms with van der Waals surface area (Å²) in [4.78, 5) is 13.9. The third-order valence-corrected chi connectivity index (χ3v) is 2.00. The Kier molecular flexibility index (Phi) is 4.61. The molecular weight excluding hydrogens is 180 g/mol. The molecule has 0 unspecified atom stereocenters. The standard InChI is InChI=1S/C10H14N2O2/c13-12(14)9-5-1-2-6-10-7-3-4-8-11-10/h3-4,7-8H,1-2,5-6,9H2. The number of rotatable bonds is 6. The van der Waals surface area contributed by atoms with E-state index in [9.17, 15) is 10.1 Å². The summed E-state index contributed by atoms with van der Waals surface area (Å²) in [5.41, 5.74) is 1.06.